The molecule has 0 aliphatic carbocycles. The zero-order valence-corrected chi connectivity index (χ0v) is 12.2. The summed E-state index contributed by atoms with van der Waals surface area (Å²) in [6, 6.07) is 0.684. The van der Waals surface area contributed by atoms with Gasteiger partial charge in [-0.2, -0.15) is 0 Å². The van der Waals surface area contributed by atoms with Gasteiger partial charge >= 0.3 is 0 Å². The maximum absolute atomic E-state index is 4.45. The first-order chi connectivity index (χ1) is 8.70. The summed E-state index contributed by atoms with van der Waals surface area (Å²) in [5.41, 5.74) is 0. The van der Waals surface area contributed by atoms with Crippen molar-refractivity contribution in [1.29, 1.82) is 0 Å². The van der Waals surface area contributed by atoms with Crippen molar-refractivity contribution in [3.8, 4) is 0 Å². The SMILES string of the molecule is CN=C(NCC1CCCN1C)N1CCCC(C)C1. The van der Waals surface area contributed by atoms with Gasteiger partial charge in [0.1, 0.15) is 0 Å². The Morgan fingerprint density at radius 1 is 1.28 bits per heavy atom. The van der Waals surface area contributed by atoms with Crippen LogP contribution in [0.25, 0.3) is 0 Å². The Bertz CT molecular complexity index is 290. The molecule has 0 aromatic carbocycles. The van der Waals surface area contributed by atoms with E-state index in [1.807, 2.05) is 7.05 Å². The van der Waals surface area contributed by atoms with Crippen molar-refractivity contribution in [2.45, 2.75) is 38.6 Å². The topological polar surface area (TPSA) is 30.9 Å². The summed E-state index contributed by atoms with van der Waals surface area (Å²) in [7, 11) is 4.13. The number of hydrogen-bond acceptors (Lipinski definition) is 2. The molecule has 2 saturated heterocycles. The Hall–Kier alpha value is -0.770. The van der Waals surface area contributed by atoms with Crippen molar-refractivity contribution in [2.24, 2.45) is 10.9 Å². The van der Waals surface area contributed by atoms with Crippen LogP contribution >= 0.6 is 0 Å². The van der Waals surface area contributed by atoms with Crippen LogP contribution in [-0.4, -0.2) is 62.1 Å². The zero-order valence-electron chi connectivity index (χ0n) is 12.2. The van der Waals surface area contributed by atoms with E-state index in [4.69, 9.17) is 0 Å². The van der Waals surface area contributed by atoms with Gasteiger partial charge in [-0.25, -0.2) is 0 Å². The zero-order chi connectivity index (χ0) is 13.0. The van der Waals surface area contributed by atoms with E-state index in [0.29, 0.717) is 6.04 Å². The number of nitrogens with zero attached hydrogens (tertiary/aromatic N) is 3. The summed E-state index contributed by atoms with van der Waals surface area (Å²) >= 11 is 0. The minimum Gasteiger partial charge on any atom is -0.355 e. The van der Waals surface area contributed by atoms with Gasteiger partial charge in [-0.05, 0) is 45.2 Å². The molecule has 18 heavy (non-hydrogen) atoms. The summed E-state index contributed by atoms with van der Waals surface area (Å²) in [6.45, 7) is 6.93. The lowest BCUT2D eigenvalue weighted by Gasteiger charge is -2.34. The number of aliphatic imine (C=N–C) groups is 1. The van der Waals surface area contributed by atoms with E-state index in [1.165, 1.54) is 32.2 Å². The van der Waals surface area contributed by atoms with Crippen LogP contribution in [0.1, 0.15) is 32.6 Å². The van der Waals surface area contributed by atoms with E-state index >= 15 is 0 Å². The van der Waals surface area contributed by atoms with E-state index in [1.54, 1.807) is 0 Å². The van der Waals surface area contributed by atoms with Crippen molar-refractivity contribution >= 4 is 5.96 Å². The predicted molar refractivity (Wildman–Crippen MR) is 77.0 cm³/mol. The third kappa shape index (κ3) is 3.37. The van der Waals surface area contributed by atoms with Crippen molar-refractivity contribution in [3.05, 3.63) is 0 Å². The Labute approximate surface area is 111 Å². The molecule has 4 nitrogen and oxygen atoms in total. The van der Waals surface area contributed by atoms with Gasteiger partial charge in [0.2, 0.25) is 0 Å². The van der Waals surface area contributed by atoms with Gasteiger partial charge in [0.15, 0.2) is 5.96 Å². The lowest BCUT2D eigenvalue weighted by atomic mass is 10.0. The first-order valence-corrected chi connectivity index (χ1v) is 7.36. The van der Waals surface area contributed by atoms with Crippen molar-refractivity contribution in [3.63, 3.8) is 0 Å². The number of piperidine rings is 1. The Morgan fingerprint density at radius 2 is 2.06 bits per heavy atom. The summed E-state index contributed by atoms with van der Waals surface area (Å²) in [5, 5.41) is 3.57. The van der Waals surface area contributed by atoms with Crippen LogP contribution in [0.4, 0.5) is 0 Å². The molecule has 4 heteroatoms. The van der Waals surface area contributed by atoms with Gasteiger partial charge in [0, 0.05) is 32.7 Å². The van der Waals surface area contributed by atoms with Crippen molar-refractivity contribution < 1.29 is 0 Å². The van der Waals surface area contributed by atoms with Crippen LogP contribution < -0.4 is 5.32 Å². The fourth-order valence-corrected chi connectivity index (χ4v) is 3.16. The van der Waals surface area contributed by atoms with Crippen LogP contribution in [0.15, 0.2) is 4.99 Å². The van der Waals surface area contributed by atoms with Crippen LogP contribution in [0.5, 0.6) is 0 Å². The van der Waals surface area contributed by atoms with Crippen LogP contribution in [0.2, 0.25) is 0 Å². The number of rotatable bonds is 2. The lowest BCUT2D eigenvalue weighted by Crippen LogP contribution is -2.49. The lowest BCUT2D eigenvalue weighted by molar-refractivity contribution is 0.260. The molecule has 2 fully saturated rings. The average molecular weight is 252 g/mol. The molecule has 0 aromatic heterocycles. The normalized spacial score (nSPS) is 30.8. The number of hydrogen-bond donors (Lipinski definition) is 1. The van der Waals surface area contributed by atoms with Crippen LogP contribution in [-0.2, 0) is 0 Å². The van der Waals surface area contributed by atoms with Gasteiger partial charge in [-0.3, -0.25) is 4.99 Å². The van der Waals surface area contributed by atoms with E-state index in [-0.39, 0.29) is 0 Å². The largest absolute Gasteiger partial charge is 0.355 e. The molecule has 2 rings (SSSR count). The van der Waals surface area contributed by atoms with E-state index in [9.17, 15) is 0 Å². The van der Waals surface area contributed by atoms with E-state index in [2.05, 4.69) is 34.1 Å². The van der Waals surface area contributed by atoms with Gasteiger partial charge in [-0.1, -0.05) is 6.92 Å². The molecule has 2 aliphatic rings. The Balaban J connectivity index is 1.82. The van der Waals surface area contributed by atoms with E-state index in [0.717, 1.165) is 31.5 Å². The predicted octanol–water partition coefficient (Wildman–Crippen LogP) is 1.39. The number of likely N-dealkylation sites (N-methyl/N-ethyl adjacent to an activating group) is 1. The minimum atomic E-state index is 0.684. The van der Waals surface area contributed by atoms with Crippen molar-refractivity contribution in [1.82, 2.24) is 15.1 Å². The molecule has 104 valence electrons. The fourth-order valence-electron chi connectivity index (χ4n) is 3.16. The molecule has 0 aromatic rings. The fraction of sp³-hybridized carbons (Fsp3) is 0.929. The van der Waals surface area contributed by atoms with Crippen LogP contribution in [0.3, 0.4) is 0 Å². The number of guanidine groups is 1. The standard InChI is InChI=1S/C14H28N4/c1-12-6-4-9-18(11-12)14(15-2)16-10-13-7-5-8-17(13)3/h12-13H,4-11H2,1-3H3,(H,15,16). The third-order valence-corrected chi connectivity index (χ3v) is 4.34. The summed E-state index contributed by atoms with van der Waals surface area (Å²) < 4.78 is 0. The van der Waals surface area contributed by atoms with E-state index < -0.39 is 0 Å². The first kappa shape index (κ1) is 13.7. The molecule has 0 bridgehead atoms. The maximum atomic E-state index is 4.45. The number of nitrogens with one attached hydrogen (secondary N) is 1. The monoisotopic (exact) mass is 252 g/mol. The molecular formula is C14H28N4. The highest BCUT2D eigenvalue weighted by molar-refractivity contribution is 5.80. The van der Waals surface area contributed by atoms with Crippen LogP contribution in [0, 0.1) is 5.92 Å². The summed E-state index contributed by atoms with van der Waals surface area (Å²) in [6.07, 6.45) is 5.31. The van der Waals surface area contributed by atoms with Gasteiger partial charge in [0.05, 0.1) is 0 Å². The third-order valence-electron chi connectivity index (χ3n) is 4.34. The Morgan fingerprint density at radius 3 is 2.67 bits per heavy atom. The Kier molecular flexibility index (Phi) is 4.87. The highest BCUT2D eigenvalue weighted by Crippen LogP contribution is 2.16. The van der Waals surface area contributed by atoms with Crippen molar-refractivity contribution in [2.75, 3.05) is 40.3 Å². The second-order valence-corrected chi connectivity index (χ2v) is 5.90. The van der Waals surface area contributed by atoms with Gasteiger partial charge in [-0.15, -0.1) is 0 Å². The quantitative estimate of drug-likeness (QED) is 0.595. The van der Waals surface area contributed by atoms with Gasteiger partial charge in [0.25, 0.3) is 0 Å². The molecule has 0 spiro atoms. The molecule has 2 unspecified atom stereocenters. The summed E-state index contributed by atoms with van der Waals surface area (Å²) in [4.78, 5) is 9.32. The smallest absolute Gasteiger partial charge is 0.193 e. The maximum Gasteiger partial charge on any atom is 0.193 e. The highest BCUT2D eigenvalue weighted by Gasteiger charge is 2.23. The molecule has 0 amide bonds. The second kappa shape index (κ2) is 6.41. The molecule has 2 atom stereocenters. The summed E-state index contributed by atoms with van der Waals surface area (Å²) in [5.74, 6) is 1.90. The molecule has 1 N–H and O–H groups in total. The minimum absolute atomic E-state index is 0.684. The molecule has 0 saturated carbocycles. The molecular weight excluding hydrogens is 224 g/mol. The second-order valence-electron chi connectivity index (χ2n) is 5.90. The average Bonchev–Trinajstić information content (AvgIpc) is 2.76. The highest BCUT2D eigenvalue weighted by atomic mass is 15.3. The molecule has 2 aliphatic heterocycles. The first-order valence-electron chi connectivity index (χ1n) is 7.36. The molecule has 2 heterocycles. The number of likely N-dealkylation sites (tertiary alicyclic amines) is 2. The molecule has 0 radical (unpaired) electrons. The van der Waals surface area contributed by atoms with Gasteiger partial charge < -0.3 is 15.1 Å².